The number of likely N-dealkylation sites (tertiary alicyclic amines) is 1. The highest BCUT2D eigenvalue weighted by molar-refractivity contribution is 9.10. The smallest absolute Gasteiger partial charge is 0.253 e. The van der Waals surface area contributed by atoms with E-state index < -0.39 is 15.3 Å². The minimum Gasteiger partial charge on any atom is -0.337 e. The van der Waals surface area contributed by atoms with E-state index in [0.717, 1.165) is 10.0 Å². The molecule has 0 aliphatic carbocycles. The molecule has 1 atom stereocenters. The number of hydrogen-bond acceptors (Lipinski definition) is 3. The number of nitrogens with two attached hydrogens (primary N) is 1. The van der Waals surface area contributed by atoms with Crippen molar-refractivity contribution in [1.82, 2.24) is 4.90 Å². The van der Waals surface area contributed by atoms with E-state index in [1.807, 2.05) is 13.0 Å². The van der Waals surface area contributed by atoms with E-state index in [9.17, 15) is 13.2 Å². The summed E-state index contributed by atoms with van der Waals surface area (Å²) in [4.78, 5) is 14.0. The van der Waals surface area contributed by atoms with E-state index in [0.29, 0.717) is 24.9 Å². The molecule has 1 aromatic rings. The summed E-state index contributed by atoms with van der Waals surface area (Å²) in [5, 5.41) is 4.53. The summed E-state index contributed by atoms with van der Waals surface area (Å²) in [6.45, 7) is 2.65. The molecule has 1 aliphatic heterocycles. The molecule has 0 bridgehead atoms. The van der Waals surface area contributed by atoms with Gasteiger partial charge in [-0.1, -0.05) is 15.9 Å². The lowest BCUT2D eigenvalue weighted by Gasteiger charge is -2.31. The number of carbonyl (C=O) groups excluding carboxylic acids is 1. The maximum absolute atomic E-state index is 12.4. The molecule has 1 heterocycles. The molecule has 0 aromatic heterocycles. The van der Waals surface area contributed by atoms with E-state index in [2.05, 4.69) is 15.9 Å². The van der Waals surface area contributed by atoms with Gasteiger partial charge in [0.1, 0.15) is 0 Å². The van der Waals surface area contributed by atoms with Gasteiger partial charge in [-0.2, -0.15) is 0 Å². The molecule has 1 aromatic carbocycles. The van der Waals surface area contributed by atoms with Gasteiger partial charge in [0, 0.05) is 23.1 Å². The summed E-state index contributed by atoms with van der Waals surface area (Å²) in [7, 11) is -3.59. The van der Waals surface area contributed by atoms with Crippen LogP contribution < -0.4 is 5.14 Å². The molecule has 2 N–H and O–H groups in total. The molecular weight excluding hydrogens is 344 g/mol. The predicted molar refractivity (Wildman–Crippen MR) is 80.9 cm³/mol. The Labute approximate surface area is 127 Å². The van der Waals surface area contributed by atoms with Crippen LogP contribution in [0.2, 0.25) is 0 Å². The highest BCUT2D eigenvalue weighted by atomic mass is 79.9. The normalized spacial score (nSPS) is 19.9. The average molecular weight is 361 g/mol. The highest BCUT2D eigenvalue weighted by Crippen LogP contribution is 2.21. The molecule has 1 fully saturated rings. The summed E-state index contributed by atoms with van der Waals surface area (Å²) in [6, 6.07) is 5.36. The van der Waals surface area contributed by atoms with E-state index in [1.165, 1.54) is 0 Å². The molecule has 5 nitrogen and oxygen atoms in total. The van der Waals surface area contributed by atoms with Gasteiger partial charge in [0.25, 0.3) is 5.91 Å². The van der Waals surface area contributed by atoms with Crippen LogP contribution in [0.4, 0.5) is 0 Å². The molecule has 2 rings (SSSR count). The number of piperidine rings is 1. The van der Waals surface area contributed by atoms with Crippen LogP contribution in [0.15, 0.2) is 22.7 Å². The molecule has 1 amide bonds. The van der Waals surface area contributed by atoms with Crippen LogP contribution in [0, 0.1) is 6.92 Å². The van der Waals surface area contributed by atoms with Crippen LogP contribution in [-0.4, -0.2) is 37.6 Å². The Morgan fingerprint density at radius 2 is 2.15 bits per heavy atom. The Morgan fingerprint density at radius 1 is 1.45 bits per heavy atom. The Hall–Kier alpha value is -0.920. The quantitative estimate of drug-likeness (QED) is 0.870. The van der Waals surface area contributed by atoms with Gasteiger partial charge in [0.05, 0.1) is 5.25 Å². The Morgan fingerprint density at radius 3 is 2.75 bits per heavy atom. The first kappa shape index (κ1) is 15.5. The third-order valence-electron chi connectivity index (χ3n) is 3.53. The van der Waals surface area contributed by atoms with E-state index in [4.69, 9.17) is 5.14 Å². The lowest BCUT2D eigenvalue weighted by atomic mass is 10.1. The SMILES string of the molecule is Cc1cc(C(=O)N2CCCC(S(N)(=O)=O)C2)ccc1Br. The maximum Gasteiger partial charge on any atom is 0.253 e. The van der Waals surface area contributed by atoms with Crippen LogP contribution in [-0.2, 0) is 10.0 Å². The van der Waals surface area contributed by atoms with Crippen molar-refractivity contribution < 1.29 is 13.2 Å². The van der Waals surface area contributed by atoms with Crippen molar-refractivity contribution in [2.45, 2.75) is 25.0 Å². The summed E-state index contributed by atoms with van der Waals surface area (Å²) in [6.07, 6.45) is 1.17. The fourth-order valence-corrected chi connectivity index (χ4v) is 3.48. The second-order valence-corrected chi connectivity index (χ2v) is 7.77. The number of hydrogen-bond donors (Lipinski definition) is 1. The molecule has 7 heteroatoms. The zero-order chi connectivity index (χ0) is 14.9. The minimum absolute atomic E-state index is 0.144. The number of aryl methyl sites for hydroxylation is 1. The Balaban J connectivity index is 2.18. The second-order valence-electron chi connectivity index (χ2n) is 5.07. The van der Waals surface area contributed by atoms with Gasteiger partial charge in [-0.15, -0.1) is 0 Å². The van der Waals surface area contributed by atoms with Crippen LogP contribution in [0.1, 0.15) is 28.8 Å². The number of amides is 1. The topological polar surface area (TPSA) is 80.5 Å². The van der Waals surface area contributed by atoms with Gasteiger partial charge in [-0.3, -0.25) is 4.79 Å². The Kier molecular flexibility index (Phi) is 4.51. The van der Waals surface area contributed by atoms with Crippen LogP contribution in [0.5, 0.6) is 0 Å². The second kappa shape index (κ2) is 5.83. The van der Waals surface area contributed by atoms with Crippen molar-refractivity contribution in [3.8, 4) is 0 Å². The first-order valence-electron chi connectivity index (χ1n) is 6.36. The number of nitrogens with zero attached hydrogens (tertiary/aromatic N) is 1. The van der Waals surface area contributed by atoms with Crippen molar-refractivity contribution in [3.63, 3.8) is 0 Å². The van der Waals surface area contributed by atoms with Crippen LogP contribution in [0.25, 0.3) is 0 Å². The third-order valence-corrected chi connectivity index (χ3v) is 5.74. The Bertz CT molecular complexity index is 631. The summed E-state index contributed by atoms with van der Waals surface area (Å²) in [5.41, 5.74) is 1.54. The largest absolute Gasteiger partial charge is 0.337 e. The average Bonchev–Trinajstić information content (AvgIpc) is 2.40. The lowest BCUT2D eigenvalue weighted by molar-refractivity contribution is 0.0727. The monoisotopic (exact) mass is 360 g/mol. The van der Waals surface area contributed by atoms with Gasteiger partial charge >= 0.3 is 0 Å². The standard InChI is InChI=1S/C13H17BrN2O3S/c1-9-7-10(4-5-12(9)14)13(17)16-6-2-3-11(8-16)20(15,18)19/h4-5,7,11H,2-3,6,8H2,1H3,(H2,15,18,19). The van der Waals surface area contributed by atoms with Crippen molar-refractivity contribution in [2.24, 2.45) is 5.14 Å². The number of carbonyl (C=O) groups is 1. The lowest BCUT2D eigenvalue weighted by Crippen LogP contribution is -2.47. The number of sulfonamides is 1. The van der Waals surface area contributed by atoms with Crippen molar-refractivity contribution in [2.75, 3.05) is 13.1 Å². The summed E-state index contributed by atoms with van der Waals surface area (Å²) >= 11 is 3.39. The number of primary sulfonamides is 1. The molecule has 20 heavy (non-hydrogen) atoms. The summed E-state index contributed by atoms with van der Waals surface area (Å²) in [5.74, 6) is -0.144. The van der Waals surface area contributed by atoms with E-state index in [1.54, 1.807) is 17.0 Å². The molecule has 110 valence electrons. The minimum atomic E-state index is -3.59. The number of benzene rings is 1. The van der Waals surface area contributed by atoms with Gasteiger partial charge in [0.2, 0.25) is 10.0 Å². The molecular formula is C13H17BrN2O3S. The fourth-order valence-electron chi connectivity index (χ4n) is 2.35. The molecule has 0 saturated carbocycles. The molecule has 1 unspecified atom stereocenters. The molecule has 1 aliphatic rings. The van der Waals surface area contributed by atoms with E-state index in [-0.39, 0.29) is 12.5 Å². The van der Waals surface area contributed by atoms with Crippen molar-refractivity contribution in [3.05, 3.63) is 33.8 Å². The van der Waals surface area contributed by atoms with Gasteiger partial charge < -0.3 is 4.90 Å². The zero-order valence-electron chi connectivity index (χ0n) is 11.2. The molecule has 1 saturated heterocycles. The predicted octanol–water partition coefficient (Wildman–Crippen LogP) is 1.65. The van der Waals surface area contributed by atoms with Crippen molar-refractivity contribution >= 4 is 31.9 Å². The van der Waals surface area contributed by atoms with Gasteiger partial charge in [-0.25, -0.2) is 13.6 Å². The zero-order valence-corrected chi connectivity index (χ0v) is 13.6. The van der Waals surface area contributed by atoms with E-state index >= 15 is 0 Å². The first-order chi connectivity index (χ1) is 9.29. The third kappa shape index (κ3) is 3.39. The number of halogens is 1. The number of rotatable bonds is 2. The van der Waals surface area contributed by atoms with Gasteiger partial charge in [-0.05, 0) is 43.5 Å². The maximum atomic E-state index is 12.4. The van der Waals surface area contributed by atoms with Crippen molar-refractivity contribution in [1.29, 1.82) is 0 Å². The first-order valence-corrected chi connectivity index (χ1v) is 8.76. The highest BCUT2D eigenvalue weighted by Gasteiger charge is 2.30. The van der Waals surface area contributed by atoms with Crippen LogP contribution in [0.3, 0.4) is 0 Å². The summed E-state index contributed by atoms with van der Waals surface area (Å²) < 4.78 is 23.8. The van der Waals surface area contributed by atoms with Crippen LogP contribution >= 0.6 is 15.9 Å². The fraction of sp³-hybridized carbons (Fsp3) is 0.462. The van der Waals surface area contributed by atoms with Gasteiger partial charge in [0.15, 0.2) is 0 Å². The molecule has 0 radical (unpaired) electrons. The molecule has 0 spiro atoms.